The van der Waals surface area contributed by atoms with Gasteiger partial charge in [-0.15, -0.1) is 0 Å². The topological polar surface area (TPSA) is 36.9 Å². The van der Waals surface area contributed by atoms with Crippen molar-refractivity contribution in [2.75, 3.05) is 20.0 Å². The Kier molecular flexibility index (Phi) is 4.60. The summed E-state index contributed by atoms with van der Waals surface area (Å²) in [6.07, 6.45) is 0. The summed E-state index contributed by atoms with van der Waals surface area (Å²) in [5, 5.41) is 0. The zero-order valence-electron chi connectivity index (χ0n) is 13.8. The van der Waals surface area contributed by atoms with Gasteiger partial charge in [0, 0.05) is 17.5 Å². The third kappa shape index (κ3) is 3.21. The molecule has 122 valence electrons. The van der Waals surface area contributed by atoms with Crippen LogP contribution in [-0.2, 0) is 0 Å². The number of benzene rings is 2. The Labute approximate surface area is 136 Å². The van der Waals surface area contributed by atoms with Gasteiger partial charge in [0.25, 0.3) is 0 Å². The van der Waals surface area contributed by atoms with Crippen molar-refractivity contribution in [3.05, 3.63) is 47.5 Å². The first-order valence-electron chi connectivity index (χ1n) is 8.02. The van der Waals surface area contributed by atoms with Gasteiger partial charge in [-0.3, -0.25) is 0 Å². The van der Waals surface area contributed by atoms with Crippen molar-refractivity contribution in [2.24, 2.45) is 0 Å². The number of ether oxygens (including phenoxy) is 4. The number of hydrogen-bond donors (Lipinski definition) is 0. The molecular formula is C19H22O4. The molecule has 0 saturated heterocycles. The Balaban J connectivity index is 1.92. The standard InChI is InChI=1S/C19H22O4/c1-4-20-15-8-6-14(7-9-15)13(3)16-10-18-19(23-12-22-18)11-17(16)21-5-2/h6-11,13H,4-5,12H2,1-3H3/t13-/m0/s1. The molecule has 23 heavy (non-hydrogen) atoms. The van der Waals surface area contributed by atoms with Gasteiger partial charge in [-0.25, -0.2) is 0 Å². The molecule has 1 aliphatic rings. The Morgan fingerprint density at radius 3 is 2.26 bits per heavy atom. The summed E-state index contributed by atoms with van der Waals surface area (Å²) in [4.78, 5) is 0. The second-order valence-corrected chi connectivity index (χ2v) is 5.40. The first kappa shape index (κ1) is 15.5. The molecule has 4 heteroatoms. The lowest BCUT2D eigenvalue weighted by Crippen LogP contribution is -2.02. The molecule has 0 radical (unpaired) electrons. The molecule has 2 aromatic carbocycles. The van der Waals surface area contributed by atoms with Gasteiger partial charge in [0.15, 0.2) is 11.5 Å². The molecule has 1 heterocycles. The predicted octanol–water partition coefficient (Wildman–Crippen LogP) is 4.36. The fourth-order valence-corrected chi connectivity index (χ4v) is 2.76. The van der Waals surface area contributed by atoms with Crippen LogP contribution in [0.25, 0.3) is 0 Å². The van der Waals surface area contributed by atoms with E-state index >= 15 is 0 Å². The molecule has 0 amide bonds. The number of hydrogen-bond acceptors (Lipinski definition) is 4. The maximum Gasteiger partial charge on any atom is 0.231 e. The Bertz CT molecular complexity index is 664. The lowest BCUT2D eigenvalue weighted by Gasteiger charge is -2.18. The summed E-state index contributed by atoms with van der Waals surface area (Å²) >= 11 is 0. The van der Waals surface area contributed by atoms with Crippen molar-refractivity contribution in [2.45, 2.75) is 26.7 Å². The molecule has 0 aromatic heterocycles. The van der Waals surface area contributed by atoms with Crippen LogP contribution >= 0.6 is 0 Å². The van der Waals surface area contributed by atoms with E-state index < -0.39 is 0 Å². The highest BCUT2D eigenvalue weighted by atomic mass is 16.7. The zero-order valence-corrected chi connectivity index (χ0v) is 13.8. The molecule has 3 rings (SSSR count). The lowest BCUT2D eigenvalue weighted by molar-refractivity contribution is 0.173. The van der Waals surface area contributed by atoms with E-state index in [2.05, 4.69) is 19.1 Å². The average molecular weight is 314 g/mol. The minimum Gasteiger partial charge on any atom is -0.494 e. The van der Waals surface area contributed by atoms with E-state index in [1.807, 2.05) is 38.1 Å². The van der Waals surface area contributed by atoms with Crippen molar-refractivity contribution >= 4 is 0 Å². The van der Waals surface area contributed by atoms with Gasteiger partial charge in [-0.2, -0.15) is 0 Å². The molecule has 0 aliphatic carbocycles. The highest BCUT2D eigenvalue weighted by Gasteiger charge is 2.22. The first-order valence-corrected chi connectivity index (χ1v) is 8.02. The molecule has 0 saturated carbocycles. The van der Waals surface area contributed by atoms with Crippen LogP contribution < -0.4 is 18.9 Å². The normalized spacial score (nSPS) is 13.7. The number of rotatable bonds is 6. The summed E-state index contributed by atoms with van der Waals surface area (Å²) in [5.74, 6) is 3.44. The molecule has 0 fully saturated rings. The monoisotopic (exact) mass is 314 g/mol. The molecule has 0 unspecified atom stereocenters. The van der Waals surface area contributed by atoms with Gasteiger partial charge in [0.1, 0.15) is 11.5 Å². The van der Waals surface area contributed by atoms with E-state index in [1.54, 1.807) is 0 Å². The van der Waals surface area contributed by atoms with Crippen molar-refractivity contribution in [1.29, 1.82) is 0 Å². The second-order valence-electron chi connectivity index (χ2n) is 5.40. The second kappa shape index (κ2) is 6.82. The fraction of sp³-hybridized carbons (Fsp3) is 0.368. The van der Waals surface area contributed by atoms with E-state index in [1.165, 1.54) is 5.56 Å². The van der Waals surface area contributed by atoms with E-state index in [-0.39, 0.29) is 12.7 Å². The van der Waals surface area contributed by atoms with E-state index in [0.717, 1.165) is 28.6 Å². The largest absolute Gasteiger partial charge is 0.494 e. The lowest BCUT2D eigenvalue weighted by atomic mass is 9.92. The molecule has 0 bridgehead atoms. The third-order valence-electron chi connectivity index (χ3n) is 3.96. The number of fused-ring (bicyclic) bond motifs is 1. The van der Waals surface area contributed by atoms with Crippen LogP contribution in [0.5, 0.6) is 23.0 Å². The van der Waals surface area contributed by atoms with Crippen LogP contribution in [-0.4, -0.2) is 20.0 Å². The summed E-state index contributed by atoms with van der Waals surface area (Å²) in [7, 11) is 0. The van der Waals surface area contributed by atoms with Crippen LogP contribution in [0.3, 0.4) is 0 Å². The van der Waals surface area contributed by atoms with Crippen LogP contribution in [0.4, 0.5) is 0 Å². The first-order chi connectivity index (χ1) is 11.2. The summed E-state index contributed by atoms with van der Waals surface area (Å²) in [6, 6.07) is 12.1. The quantitative estimate of drug-likeness (QED) is 0.793. The van der Waals surface area contributed by atoms with Crippen molar-refractivity contribution in [3.63, 3.8) is 0 Å². The van der Waals surface area contributed by atoms with Gasteiger partial charge in [0.05, 0.1) is 13.2 Å². The van der Waals surface area contributed by atoms with Crippen LogP contribution in [0.15, 0.2) is 36.4 Å². The van der Waals surface area contributed by atoms with Crippen LogP contribution in [0.1, 0.15) is 37.8 Å². The van der Waals surface area contributed by atoms with Crippen molar-refractivity contribution < 1.29 is 18.9 Å². The predicted molar refractivity (Wildman–Crippen MR) is 88.9 cm³/mol. The molecule has 2 aromatic rings. The van der Waals surface area contributed by atoms with Crippen molar-refractivity contribution in [1.82, 2.24) is 0 Å². The minimum atomic E-state index is 0.182. The van der Waals surface area contributed by atoms with Gasteiger partial charge >= 0.3 is 0 Å². The molecular weight excluding hydrogens is 292 g/mol. The summed E-state index contributed by atoms with van der Waals surface area (Å²) in [5.41, 5.74) is 2.30. The zero-order chi connectivity index (χ0) is 16.2. The van der Waals surface area contributed by atoms with E-state index in [9.17, 15) is 0 Å². The van der Waals surface area contributed by atoms with E-state index in [4.69, 9.17) is 18.9 Å². The van der Waals surface area contributed by atoms with Gasteiger partial charge in [-0.1, -0.05) is 19.1 Å². The SMILES string of the molecule is CCOc1ccc([C@H](C)c2cc3c(cc2OCC)OCO3)cc1. The van der Waals surface area contributed by atoms with Gasteiger partial charge in [-0.05, 0) is 37.6 Å². The third-order valence-corrected chi connectivity index (χ3v) is 3.96. The molecule has 0 N–H and O–H groups in total. The molecule has 1 atom stereocenters. The Morgan fingerprint density at radius 2 is 1.61 bits per heavy atom. The van der Waals surface area contributed by atoms with E-state index in [0.29, 0.717) is 13.2 Å². The maximum absolute atomic E-state index is 5.81. The summed E-state index contributed by atoms with van der Waals surface area (Å²) in [6.45, 7) is 7.68. The molecule has 4 nitrogen and oxygen atoms in total. The van der Waals surface area contributed by atoms with Gasteiger partial charge < -0.3 is 18.9 Å². The molecule has 0 spiro atoms. The smallest absolute Gasteiger partial charge is 0.231 e. The Morgan fingerprint density at radius 1 is 0.957 bits per heavy atom. The highest BCUT2D eigenvalue weighted by molar-refractivity contribution is 5.54. The average Bonchev–Trinajstić information content (AvgIpc) is 3.02. The van der Waals surface area contributed by atoms with Crippen LogP contribution in [0, 0.1) is 0 Å². The fourth-order valence-electron chi connectivity index (χ4n) is 2.76. The van der Waals surface area contributed by atoms with Crippen molar-refractivity contribution in [3.8, 4) is 23.0 Å². The summed E-state index contributed by atoms with van der Waals surface area (Å²) < 4.78 is 22.3. The maximum atomic E-state index is 5.81. The Hall–Kier alpha value is -2.36. The molecule has 1 aliphatic heterocycles. The highest BCUT2D eigenvalue weighted by Crippen LogP contribution is 2.42. The minimum absolute atomic E-state index is 0.182. The van der Waals surface area contributed by atoms with Gasteiger partial charge in [0.2, 0.25) is 6.79 Å². The van der Waals surface area contributed by atoms with Crippen LogP contribution in [0.2, 0.25) is 0 Å².